The van der Waals surface area contributed by atoms with Gasteiger partial charge in [-0.1, -0.05) is 54.6 Å². The van der Waals surface area contributed by atoms with Gasteiger partial charge < -0.3 is 19.3 Å². The topological polar surface area (TPSA) is 65.0 Å². The van der Waals surface area contributed by atoms with Crippen LogP contribution in [0.2, 0.25) is 0 Å². The molecule has 0 radical (unpaired) electrons. The van der Waals surface area contributed by atoms with Crippen molar-refractivity contribution >= 4 is 5.97 Å². The number of ether oxygens (including phenoxy) is 3. The molecule has 31 heavy (non-hydrogen) atoms. The normalized spacial score (nSPS) is 11.6. The molecule has 0 aliphatic rings. The molecule has 162 valence electrons. The first kappa shape index (κ1) is 22.4. The van der Waals surface area contributed by atoms with E-state index in [1.807, 2.05) is 54.6 Å². The van der Waals surface area contributed by atoms with Crippen LogP contribution in [-0.2, 0) is 16.0 Å². The Morgan fingerprint density at radius 2 is 1.29 bits per heavy atom. The minimum Gasteiger partial charge on any atom is -0.494 e. The molecule has 3 rings (SSSR count). The molecular weight excluding hydrogens is 392 g/mol. The van der Waals surface area contributed by atoms with Gasteiger partial charge in [0.1, 0.15) is 11.5 Å². The summed E-state index contributed by atoms with van der Waals surface area (Å²) in [5.41, 5.74) is 3.26. The van der Waals surface area contributed by atoms with E-state index in [0.29, 0.717) is 19.6 Å². The predicted octanol–water partition coefficient (Wildman–Crippen LogP) is 5.23. The molecule has 0 aromatic heterocycles. The highest BCUT2D eigenvalue weighted by Crippen LogP contribution is 2.22. The van der Waals surface area contributed by atoms with Crippen LogP contribution in [0.5, 0.6) is 11.5 Å². The number of aliphatic carboxylic acids is 1. The average Bonchev–Trinajstić information content (AvgIpc) is 2.81. The van der Waals surface area contributed by atoms with Crippen LogP contribution in [0.25, 0.3) is 11.1 Å². The van der Waals surface area contributed by atoms with Gasteiger partial charge in [-0.3, -0.25) is 0 Å². The Hall–Kier alpha value is -3.31. The standard InChI is InChI=1S/C26H28O5/c1-29-25(26(27)28)19-20-9-13-23(14-10-20)30-17-5-6-18-31-24-15-11-22(12-16-24)21-7-3-2-4-8-21/h2-4,7-16,25H,5-6,17-19H2,1H3,(H,27,28)/t25-/m0/s1. The van der Waals surface area contributed by atoms with Gasteiger partial charge in [-0.05, 0) is 53.8 Å². The van der Waals surface area contributed by atoms with Gasteiger partial charge in [0.05, 0.1) is 13.2 Å². The molecule has 0 heterocycles. The largest absolute Gasteiger partial charge is 0.494 e. The number of unbranched alkanes of at least 4 members (excludes halogenated alkanes) is 1. The van der Waals surface area contributed by atoms with Gasteiger partial charge in [-0.15, -0.1) is 0 Å². The van der Waals surface area contributed by atoms with E-state index in [1.54, 1.807) is 0 Å². The molecular formula is C26H28O5. The lowest BCUT2D eigenvalue weighted by Gasteiger charge is -2.11. The molecule has 0 amide bonds. The Labute approximate surface area is 183 Å². The summed E-state index contributed by atoms with van der Waals surface area (Å²) in [6, 6.07) is 25.9. The van der Waals surface area contributed by atoms with E-state index in [2.05, 4.69) is 24.3 Å². The van der Waals surface area contributed by atoms with Crippen LogP contribution in [-0.4, -0.2) is 37.5 Å². The molecule has 0 bridgehead atoms. The van der Waals surface area contributed by atoms with Crippen LogP contribution in [0.3, 0.4) is 0 Å². The Morgan fingerprint density at radius 3 is 1.81 bits per heavy atom. The summed E-state index contributed by atoms with van der Waals surface area (Å²) < 4.78 is 16.5. The zero-order chi connectivity index (χ0) is 21.9. The van der Waals surface area contributed by atoms with Crippen molar-refractivity contribution < 1.29 is 24.1 Å². The van der Waals surface area contributed by atoms with E-state index in [-0.39, 0.29) is 0 Å². The van der Waals surface area contributed by atoms with E-state index < -0.39 is 12.1 Å². The Bertz CT molecular complexity index is 920. The third kappa shape index (κ3) is 7.15. The lowest BCUT2D eigenvalue weighted by Crippen LogP contribution is -2.24. The Kier molecular flexibility index (Phi) is 8.49. The van der Waals surface area contributed by atoms with Crippen molar-refractivity contribution in [3.05, 3.63) is 84.4 Å². The fourth-order valence-corrected chi connectivity index (χ4v) is 3.17. The lowest BCUT2D eigenvalue weighted by molar-refractivity contribution is -0.148. The molecule has 1 atom stereocenters. The quantitative estimate of drug-likeness (QED) is 0.406. The summed E-state index contributed by atoms with van der Waals surface area (Å²) in [6.07, 6.45) is 1.28. The number of rotatable bonds is 12. The van der Waals surface area contributed by atoms with E-state index in [0.717, 1.165) is 29.9 Å². The molecule has 0 aliphatic carbocycles. The van der Waals surface area contributed by atoms with Gasteiger partial charge in [0.25, 0.3) is 0 Å². The number of carboxylic acids is 1. The number of methoxy groups -OCH3 is 1. The molecule has 5 nitrogen and oxygen atoms in total. The highest BCUT2D eigenvalue weighted by atomic mass is 16.5. The second-order valence-electron chi connectivity index (χ2n) is 7.21. The third-order valence-electron chi connectivity index (χ3n) is 4.94. The van der Waals surface area contributed by atoms with Gasteiger partial charge in [0, 0.05) is 13.5 Å². The van der Waals surface area contributed by atoms with Gasteiger partial charge in [0.2, 0.25) is 0 Å². The molecule has 0 saturated heterocycles. The van der Waals surface area contributed by atoms with E-state index in [1.165, 1.54) is 18.2 Å². The van der Waals surface area contributed by atoms with Crippen LogP contribution >= 0.6 is 0 Å². The second-order valence-corrected chi connectivity index (χ2v) is 7.21. The molecule has 0 unspecified atom stereocenters. The highest BCUT2D eigenvalue weighted by Gasteiger charge is 2.16. The monoisotopic (exact) mass is 420 g/mol. The zero-order valence-electron chi connectivity index (χ0n) is 17.7. The number of carboxylic acid groups (broad SMARTS) is 1. The SMILES string of the molecule is CO[C@@H](Cc1ccc(OCCCCOc2ccc(-c3ccccc3)cc2)cc1)C(=O)O. The molecule has 5 heteroatoms. The van der Waals surface area contributed by atoms with Crippen LogP contribution in [0.15, 0.2) is 78.9 Å². The molecule has 3 aromatic carbocycles. The first-order valence-electron chi connectivity index (χ1n) is 10.4. The number of hydrogen-bond donors (Lipinski definition) is 1. The van der Waals surface area contributed by atoms with Crippen LogP contribution in [0, 0.1) is 0 Å². The molecule has 0 saturated carbocycles. The smallest absolute Gasteiger partial charge is 0.333 e. The van der Waals surface area contributed by atoms with E-state index in [4.69, 9.17) is 19.3 Å². The molecule has 0 aliphatic heterocycles. The first-order chi connectivity index (χ1) is 15.2. The zero-order valence-corrected chi connectivity index (χ0v) is 17.7. The number of hydrogen-bond acceptors (Lipinski definition) is 4. The van der Waals surface area contributed by atoms with Crippen LogP contribution < -0.4 is 9.47 Å². The van der Waals surface area contributed by atoms with Crippen molar-refractivity contribution in [1.29, 1.82) is 0 Å². The summed E-state index contributed by atoms with van der Waals surface area (Å²) in [5.74, 6) is 0.676. The molecule has 0 spiro atoms. The Balaban J connectivity index is 1.33. The van der Waals surface area contributed by atoms with Gasteiger partial charge >= 0.3 is 5.97 Å². The fraction of sp³-hybridized carbons (Fsp3) is 0.269. The maximum Gasteiger partial charge on any atom is 0.333 e. The average molecular weight is 421 g/mol. The van der Waals surface area contributed by atoms with Crippen molar-refractivity contribution in [3.8, 4) is 22.6 Å². The fourth-order valence-electron chi connectivity index (χ4n) is 3.17. The van der Waals surface area contributed by atoms with Crippen LogP contribution in [0.4, 0.5) is 0 Å². The maximum atomic E-state index is 11.0. The summed E-state index contributed by atoms with van der Waals surface area (Å²) >= 11 is 0. The number of benzene rings is 3. The summed E-state index contributed by atoms with van der Waals surface area (Å²) in [5, 5.41) is 9.05. The first-order valence-corrected chi connectivity index (χ1v) is 10.4. The third-order valence-corrected chi connectivity index (χ3v) is 4.94. The van der Waals surface area contributed by atoms with Gasteiger partial charge in [-0.25, -0.2) is 4.79 Å². The second kappa shape index (κ2) is 11.8. The Morgan fingerprint density at radius 1 is 0.774 bits per heavy atom. The predicted molar refractivity (Wildman–Crippen MR) is 121 cm³/mol. The number of carbonyl (C=O) groups is 1. The summed E-state index contributed by atoms with van der Waals surface area (Å²) in [4.78, 5) is 11.0. The van der Waals surface area contributed by atoms with E-state index >= 15 is 0 Å². The van der Waals surface area contributed by atoms with Gasteiger partial charge in [-0.2, -0.15) is 0 Å². The molecule has 1 N–H and O–H groups in total. The lowest BCUT2D eigenvalue weighted by atomic mass is 10.1. The summed E-state index contributed by atoms with van der Waals surface area (Å²) in [7, 11) is 1.40. The van der Waals surface area contributed by atoms with Crippen molar-refractivity contribution in [2.45, 2.75) is 25.4 Å². The van der Waals surface area contributed by atoms with Crippen molar-refractivity contribution in [1.82, 2.24) is 0 Å². The molecule has 3 aromatic rings. The van der Waals surface area contributed by atoms with Crippen molar-refractivity contribution in [2.75, 3.05) is 20.3 Å². The van der Waals surface area contributed by atoms with Crippen molar-refractivity contribution in [2.24, 2.45) is 0 Å². The minimum atomic E-state index is -0.961. The maximum absolute atomic E-state index is 11.0. The minimum absolute atomic E-state index is 0.329. The summed E-state index contributed by atoms with van der Waals surface area (Å²) in [6.45, 7) is 1.24. The van der Waals surface area contributed by atoms with Crippen molar-refractivity contribution in [3.63, 3.8) is 0 Å². The van der Waals surface area contributed by atoms with Crippen LogP contribution in [0.1, 0.15) is 18.4 Å². The molecule has 0 fully saturated rings. The highest BCUT2D eigenvalue weighted by molar-refractivity contribution is 5.72. The van der Waals surface area contributed by atoms with E-state index in [9.17, 15) is 4.79 Å². The van der Waals surface area contributed by atoms with Gasteiger partial charge in [0.15, 0.2) is 6.10 Å².